The van der Waals surface area contributed by atoms with Gasteiger partial charge < -0.3 is 14.6 Å². The standard InChI is InChI=1S/C22H24N4O6S/c1-15-12-21(16(2)25(15)17-6-4-8-19(13-17)32-3)22(27)23-10-11-24-33(30,31)20-9-5-7-18(14-20)26(28)29/h4-9,12-14,24H,10-11H2,1-3H3,(H,23,27). The third-order valence-corrected chi connectivity index (χ3v) is 6.49. The Hall–Kier alpha value is -3.70. The molecule has 3 aromatic rings. The zero-order valence-corrected chi connectivity index (χ0v) is 19.2. The van der Waals surface area contributed by atoms with Crippen LogP contribution in [0.2, 0.25) is 0 Å². The number of nitrogens with zero attached hydrogens (tertiary/aromatic N) is 2. The van der Waals surface area contributed by atoms with Gasteiger partial charge in [0.15, 0.2) is 0 Å². The predicted molar refractivity (Wildman–Crippen MR) is 122 cm³/mol. The number of benzene rings is 2. The number of hydrogen-bond donors (Lipinski definition) is 2. The van der Waals surface area contributed by atoms with E-state index >= 15 is 0 Å². The van der Waals surface area contributed by atoms with E-state index in [1.165, 1.54) is 18.2 Å². The summed E-state index contributed by atoms with van der Waals surface area (Å²) in [6.07, 6.45) is 0. The number of rotatable bonds is 9. The number of aromatic nitrogens is 1. The molecule has 1 aromatic heterocycles. The van der Waals surface area contributed by atoms with Gasteiger partial charge in [0.25, 0.3) is 11.6 Å². The molecule has 1 amide bonds. The number of aryl methyl sites for hydroxylation is 1. The van der Waals surface area contributed by atoms with E-state index in [9.17, 15) is 23.3 Å². The second kappa shape index (κ2) is 9.84. The Morgan fingerprint density at radius 2 is 1.82 bits per heavy atom. The highest BCUT2D eigenvalue weighted by atomic mass is 32.2. The lowest BCUT2D eigenvalue weighted by molar-refractivity contribution is -0.385. The number of nitrogens with one attached hydrogen (secondary N) is 2. The first-order valence-corrected chi connectivity index (χ1v) is 11.5. The summed E-state index contributed by atoms with van der Waals surface area (Å²) in [5.41, 5.74) is 2.59. The molecule has 0 aliphatic heterocycles. The Morgan fingerprint density at radius 1 is 1.09 bits per heavy atom. The van der Waals surface area contributed by atoms with Crippen molar-refractivity contribution in [2.24, 2.45) is 0 Å². The Balaban J connectivity index is 1.65. The van der Waals surface area contributed by atoms with Crippen molar-refractivity contribution in [3.63, 3.8) is 0 Å². The lowest BCUT2D eigenvalue weighted by Gasteiger charge is -2.11. The van der Waals surface area contributed by atoms with Crippen LogP contribution in [0.5, 0.6) is 5.75 Å². The Kier molecular flexibility index (Phi) is 7.14. The van der Waals surface area contributed by atoms with Gasteiger partial charge in [0.2, 0.25) is 10.0 Å². The average Bonchev–Trinajstić information content (AvgIpc) is 3.10. The first kappa shape index (κ1) is 24.0. The minimum Gasteiger partial charge on any atom is -0.497 e. The highest BCUT2D eigenvalue weighted by Gasteiger charge is 2.19. The molecular formula is C22H24N4O6S. The SMILES string of the molecule is COc1cccc(-n2c(C)cc(C(=O)NCCNS(=O)(=O)c3cccc([N+](=O)[O-])c3)c2C)c1. The summed E-state index contributed by atoms with van der Waals surface area (Å²) in [4.78, 5) is 22.7. The monoisotopic (exact) mass is 472 g/mol. The van der Waals surface area contributed by atoms with Crippen LogP contribution < -0.4 is 14.8 Å². The van der Waals surface area contributed by atoms with E-state index in [2.05, 4.69) is 10.0 Å². The summed E-state index contributed by atoms with van der Waals surface area (Å²) in [6.45, 7) is 3.67. The fourth-order valence-corrected chi connectivity index (χ4v) is 4.51. The predicted octanol–water partition coefficient (Wildman–Crippen LogP) is 2.72. The smallest absolute Gasteiger partial charge is 0.270 e. The summed E-state index contributed by atoms with van der Waals surface area (Å²) < 4.78 is 34.3. The van der Waals surface area contributed by atoms with Crippen molar-refractivity contribution >= 4 is 21.6 Å². The van der Waals surface area contributed by atoms with E-state index in [4.69, 9.17) is 4.74 Å². The molecule has 2 aromatic carbocycles. The molecule has 174 valence electrons. The molecule has 0 radical (unpaired) electrons. The first-order chi connectivity index (χ1) is 15.6. The van der Waals surface area contributed by atoms with Gasteiger partial charge in [-0.05, 0) is 38.1 Å². The van der Waals surface area contributed by atoms with Crippen LogP contribution in [-0.4, -0.2) is 44.0 Å². The van der Waals surface area contributed by atoms with Gasteiger partial charge >= 0.3 is 0 Å². The maximum atomic E-state index is 12.7. The average molecular weight is 473 g/mol. The van der Waals surface area contributed by atoms with Crippen LogP contribution in [0.3, 0.4) is 0 Å². The highest BCUT2D eigenvalue weighted by molar-refractivity contribution is 7.89. The molecule has 0 fully saturated rings. The van der Waals surface area contributed by atoms with Gasteiger partial charge in [-0.3, -0.25) is 14.9 Å². The molecular weight excluding hydrogens is 448 g/mol. The lowest BCUT2D eigenvalue weighted by Crippen LogP contribution is -2.34. The number of amides is 1. The van der Waals surface area contributed by atoms with Crippen molar-refractivity contribution in [1.82, 2.24) is 14.6 Å². The normalized spacial score (nSPS) is 11.2. The zero-order chi connectivity index (χ0) is 24.2. The number of hydrogen-bond acceptors (Lipinski definition) is 6. The van der Waals surface area contributed by atoms with Crippen LogP contribution in [0, 0.1) is 24.0 Å². The van der Waals surface area contributed by atoms with Crippen molar-refractivity contribution in [3.8, 4) is 11.4 Å². The van der Waals surface area contributed by atoms with E-state index in [-0.39, 0.29) is 29.6 Å². The molecule has 3 rings (SSSR count). The van der Waals surface area contributed by atoms with Crippen molar-refractivity contribution in [2.45, 2.75) is 18.7 Å². The summed E-state index contributed by atoms with van der Waals surface area (Å²) >= 11 is 0. The maximum absolute atomic E-state index is 12.7. The molecule has 11 heteroatoms. The van der Waals surface area contributed by atoms with E-state index < -0.39 is 14.9 Å². The van der Waals surface area contributed by atoms with Crippen LogP contribution in [0.1, 0.15) is 21.7 Å². The lowest BCUT2D eigenvalue weighted by atomic mass is 10.2. The molecule has 0 atom stereocenters. The van der Waals surface area contributed by atoms with Crippen molar-refractivity contribution in [1.29, 1.82) is 0 Å². The van der Waals surface area contributed by atoms with E-state index in [0.29, 0.717) is 11.3 Å². The third-order valence-electron chi connectivity index (χ3n) is 5.03. The van der Waals surface area contributed by atoms with Crippen molar-refractivity contribution < 1.29 is 22.9 Å². The van der Waals surface area contributed by atoms with Crippen LogP contribution >= 0.6 is 0 Å². The molecule has 0 spiro atoms. The largest absolute Gasteiger partial charge is 0.497 e. The maximum Gasteiger partial charge on any atom is 0.270 e. The zero-order valence-electron chi connectivity index (χ0n) is 18.4. The van der Waals surface area contributed by atoms with Gasteiger partial charge in [-0.2, -0.15) is 0 Å². The van der Waals surface area contributed by atoms with Crippen LogP contribution in [0.15, 0.2) is 59.5 Å². The number of methoxy groups -OCH3 is 1. The first-order valence-electron chi connectivity index (χ1n) is 9.99. The summed E-state index contributed by atoms with van der Waals surface area (Å²) in [5, 5.41) is 13.6. The van der Waals surface area contributed by atoms with E-state index in [1.54, 1.807) is 13.2 Å². The molecule has 0 saturated heterocycles. The quantitative estimate of drug-likeness (QED) is 0.280. The molecule has 0 saturated carbocycles. The molecule has 0 aliphatic rings. The molecule has 10 nitrogen and oxygen atoms in total. The molecule has 0 aliphatic carbocycles. The van der Waals surface area contributed by atoms with Gasteiger partial charge in [0.1, 0.15) is 5.75 Å². The van der Waals surface area contributed by atoms with Gasteiger partial charge in [-0.1, -0.05) is 12.1 Å². The number of carbonyl (C=O) groups excluding carboxylic acids is 1. The summed E-state index contributed by atoms with van der Waals surface area (Å²) in [7, 11) is -2.37. The van der Waals surface area contributed by atoms with Gasteiger partial charge in [0, 0.05) is 48.4 Å². The number of non-ortho nitro benzene ring substituents is 1. The van der Waals surface area contributed by atoms with E-state index in [0.717, 1.165) is 23.1 Å². The molecule has 33 heavy (non-hydrogen) atoms. The van der Waals surface area contributed by atoms with Gasteiger partial charge in [-0.15, -0.1) is 0 Å². The third kappa shape index (κ3) is 5.38. The van der Waals surface area contributed by atoms with Crippen LogP contribution in [-0.2, 0) is 10.0 Å². The Labute approximate surface area is 191 Å². The van der Waals surface area contributed by atoms with Gasteiger partial charge in [0.05, 0.1) is 22.5 Å². The Bertz CT molecular complexity index is 1300. The second-order valence-corrected chi connectivity index (χ2v) is 9.00. The molecule has 1 heterocycles. The minimum atomic E-state index is -3.95. The van der Waals surface area contributed by atoms with Crippen LogP contribution in [0.4, 0.5) is 5.69 Å². The molecule has 0 bridgehead atoms. The van der Waals surface area contributed by atoms with Gasteiger partial charge in [-0.25, -0.2) is 13.1 Å². The fourth-order valence-electron chi connectivity index (χ4n) is 3.44. The number of carbonyl (C=O) groups is 1. The number of nitro groups is 1. The summed E-state index contributed by atoms with van der Waals surface area (Å²) in [5.74, 6) is 0.355. The minimum absolute atomic E-state index is 0.0375. The van der Waals surface area contributed by atoms with Crippen molar-refractivity contribution in [2.75, 3.05) is 20.2 Å². The van der Waals surface area contributed by atoms with Crippen molar-refractivity contribution in [3.05, 3.63) is 81.7 Å². The topological polar surface area (TPSA) is 133 Å². The molecule has 2 N–H and O–H groups in total. The highest BCUT2D eigenvalue weighted by Crippen LogP contribution is 2.23. The summed E-state index contributed by atoms with van der Waals surface area (Å²) in [6, 6.07) is 14.0. The van der Waals surface area contributed by atoms with Crippen LogP contribution in [0.25, 0.3) is 5.69 Å². The Morgan fingerprint density at radius 3 is 2.52 bits per heavy atom. The fraction of sp³-hybridized carbons (Fsp3) is 0.227. The number of sulfonamides is 1. The molecule has 0 unspecified atom stereocenters. The van der Waals surface area contributed by atoms with E-state index in [1.807, 2.05) is 42.7 Å². The second-order valence-electron chi connectivity index (χ2n) is 7.23. The number of ether oxygens (including phenoxy) is 1. The number of nitro benzene ring substituents is 1.